The molecular formula is C10H14N2Si. The van der Waals surface area contributed by atoms with Crippen molar-refractivity contribution < 1.29 is 0 Å². The fourth-order valence-electron chi connectivity index (χ4n) is 0.775. The molecule has 0 aliphatic rings. The second kappa shape index (κ2) is 3.71. The van der Waals surface area contributed by atoms with E-state index in [1.165, 1.54) is 0 Å². The minimum absolute atomic E-state index is 0.780. The molecule has 3 heteroatoms. The van der Waals surface area contributed by atoms with E-state index in [1.807, 2.05) is 6.92 Å². The molecule has 0 fully saturated rings. The molecule has 1 heterocycles. The largest absolute Gasteiger partial charge is 0.260 e. The second-order valence-corrected chi connectivity index (χ2v) is 8.80. The van der Waals surface area contributed by atoms with E-state index in [-0.39, 0.29) is 0 Å². The quantitative estimate of drug-likeness (QED) is 0.462. The first kappa shape index (κ1) is 9.94. The predicted molar refractivity (Wildman–Crippen MR) is 57.0 cm³/mol. The Hall–Kier alpha value is -1.14. The molecule has 1 aromatic rings. The molecule has 1 rings (SSSR count). The van der Waals surface area contributed by atoms with Crippen LogP contribution in [0.5, 0.6) is 0 Å². The molecule has 0 aliphatic carbocycles. The lowest BCUT2D eigenvalue weighted by Crippen LogP contribution is -2.16. The van der Waals surface area contributed by atoms with E-state index in [2.05, 4.69) is 41.1 Å². The van der Waals surface area contributed by atoms with Crippen LogP contribution in [0.3, 0.4) is 0 Å². The van der Waals surface area contributed by atoms with E-state index in [0.29, 0.717) is 0 Å². The highest BCUT2D eigenvalue weighted by Crippen LogP contribution is 1.98. The van der Waals surface area contributed by atoms with Crippen molar-refractivity contribution in [1.29, 1.82) is 0 Å². The molecule has 1 aromatic heterocycles. The van der Waals surface area contributed by atoms with Gasteiger partial charge < -0.3 is 0 Å². The highest BCUT2D eigenvalue weighted by molar-refractivity contribution is 6.83. The van der Waals surface area contributed by atoms with Crippen molar-refractivity contribution in [3.8, 4) is 11.5 Å². The van der Waals surface area contributed by atoms with E-state index in [9.17, 15) is 0 Å². The van der Waals surface area contributed by atoms with Crippen LogP contribution in [0.4, 0.5) is 0 Å². The minimum Gasteiger partial charge on any atom is -0.260 e. The van der Waals surface area contributed by atoms with Crippen molar-refractivity contribution in [2.75, 3.05) is 0 Å². The first-order valence-electron chi connectivity index (χ1n) is 4.29. The summed E-state index contributed by atoms with van der Waals surface area (Å²) in [6.45, 7) is 8.56. The van der Waals surface area contributed by atoms with Crippen LogP contribution in [0.25, 0.3) is 0 Å². The maximum Gasteiger partial charge on any atom is 0.131 e. The average Bonchev–Trinajstić information content (AvgIpc) is 2.00. The minimum atomic E-state index is -1.29. The molecule has 0 radical (unpaired) electrons. The van der Waals surface area contributed by atoms with Crippen LogP contribution >= 0.6 is 0 Å². The zero-order valence-corrected chi connectivity index (χ0v) is 9.55. The molecule has 0 aliphatic heterocycles. The number of hydrogen-bond donors (Lipinski definition) is 0. The molecule has 2 nitrogen and oxygen atoms in total. The summed E-state index contributed by atoms with van der Waals surface area (Å²) in [5.74, 6) is 3.06. The van der Waals surface area contributed by atoms with Gasteiger partial charge in [-0.15, -0.1) is 5.54 Å². The van der Waals surface area contributed by atoms with E-state index < -0.39 is 8.07 Å². The monoisotopic (exact) mass is 190 g/mol. The van der Waals surface area contributed by atoms with Crippen molar-refractivity contribution in [2.45, 2.75) is 26.6 Å². The molecule has 0 saturated heterocycles. The van der Waals surface area contributed by atoms with Crippen LogP contribution in [0.2, 0.25) is 19.6 Å². The summed E-state index contributed by atoms with van der Waals surface area (Å²) in [5.41, 5.74) is 4.95. The first-order valence-corrected chi connectivity index (χ1v) is 7.79. The summed E-state index contributed by atoms with van der Waals surface area (Å²) in [5, 5.41) is 0. The van der Waals surface area contributed by atoms with Crippen molar-refractivity contribution in [3.05, 3.63) is 23.8 Å². The summed E-state index contributed by atoms with van der Waals surface area (Å²) in [6, 6.07) is 0. The Labute approximate surface area is 80.4 Å². The number of rotatable bonds is 0. The summed E-state index contributed by atoms with van der Waals surface area (Å²) in [6.07, 6.45) is 3.44. The third kappa shape index (κ3) is 3.86. The van der Waals surface area contributed by atoms with Crippen LogP contribution in [0.15, 0.2) is 12.4 Å². The van der Waals surface area contributed by atoms with Crippen LogP contribution < -0.4 is 0 Å². The Kier molecular flexibility index (Phi) is 2.84. The third-order valence-corrected chi connectivity index (χ3v) is 2.20. The van der Waals surface area contributed by atoms with Crippen LogP contribution in [-0.4, -0.2) is 18.0 Å². The van der Waals surface area contributed by atoms with E-state index in [0.717, 1.165) is 11.4 Å². The van der Waals surface area contributed by atoms with Crippen molar-refractivity contribution in [1.82, 2.24) is 9.97 Å². The van der Waals surface area contributed by atoms with E-state index >= 15 is 0 Å². The van der Waals surface area contributed by atoms with Crippen LogP contribution in [0.1, 0.15) is 11.4 Å². The van der Waals surface area contributed by atoms with Crippen molar-refractivity contribution in [2.24, 2.45) is 0 Å². The van der Waals surface area contributed by atoms with Crippen molar-refractivity contribution >= 4 is 8.07 Å². The molecule has 68 valence electrons. The first-order chi connectivity index (χ1) is 5.97. The van der Waals surface area contributed by atoms with Gasteiger partial charge in [0.15, 0.2) is 0 Å². The third-order valence-electron chi connectivity index (χ3n) is 1.32. The van der Waals surface area contributed by atoms with Gasteiger partial charge in [0.2, 0.25) is 0 Å². The Morgan fingerprint density at radius 1 is 1.23 bits per heavy atom. The maximum absolute atomic E-state index is 4.26. The van der Waals surface area contributed by atoms with Crippen molar-refractivity contribution in [3.63, 3.8) is 0 Å². The fourth-order valence-corrected chi connectivity index (χ4v) is 1.28. The SMILES string of the molecule is Cc1cncc(C#C[Si](C)(C)C)n1. The summed E-state index contributed by atoms with van der Waals surface area (Å²) < 4.78 is 0. The van der Waals surface area contributed by atoms with Gasteiger partial charge >= 0.3 is 0 Å². The van der Waals surface area contributed by atoms with Gasteiger partial charge in [0.25, 0.3) is 0 Å². The second-order valence-electron chi connectivity index (χ2n) is 4.05. The molecule has 0 atom stereocenters. The van der Waals surface area contributed by atoms with Crippen LogP contribution in [0, 0.1) is 18.4 Å². The molecule has 0 amide bonds. The smallest absolute Gasteiger partial charge is 0.131 e. The fraction of sp³-hybridized carbons (Fsp3) is 0.400. The Morgan fingerprint density at radius 3 is 2.46 bits per heavy atom. The highest BCUT2D eigenvalue weighted by atomic mass is 28.3. The Bertz CT molecular complexity index is 355. The van der Waals surface area contributed by atoms with Crippen LogP contribution in [-0.2, 0) is 0 Å². The van der Waals surface area contributed by atoms with Gasteiger partial charge in [0.05, 0.1) is 11.9 Å². The molecule has 0 N–H and O–H groups in total. The van der Waals surface area contributed by atoms with E-state index in [4.69, 9.17) is 0 Å². The molecule has 0 unspecified atom stereocenters. The highest BCUT2D eigenvalue weighted by Gasteiger charge is 2.07. The number of nitrogens with zero attached hydrogens (tertiary/aromatic N) is 2. The van der Waals surface area contributed by atoms with Gasteiger partial charge in [-0.1, -0.05) is 25.6 Å². The van der Waals surface area contributed by atoms with Gasteiger partial charge in [-0.2, -0.15) is 0 Å². The van der Waals surface area contributed by atoms with Gasteiger partial charge in [-0.05, 0) is 6.92 Å². The lowest BCUT2D eigenvalue weighted by atomic mass is 10.4. The average molecular weight is 190 g/mol. The predicted octanol–water partition coefficient (Wildman–Crippen LogP) is 2.01. The molecular weight excluding hydrogens is 176 g/mol. The summed E-state index contributed by atoms with van der Waals surface area (Å²) >= 11 is 0. The summed E-state index contributed by atoms with van der Waals surface area (Å²) in [7, 11) is -1.29. The van der Waals surface area contributed by atoms with Gasteiger partial charge in [0.1, 0.15) is 13.8 Å². The zero-order chi connectivity index (χ0) is 9.90. The maximum atomic E-state index is 4.26. The van der Waals surface area contributed by atoms with Gasteiger partial charge in [-0.3, -0.25) is 4.98 Å². The normalized spacial score (nSPS) is 10.5. The summed E-state index contributed by atoms with van der Waals surface area (Å²) in [4.78, 5) is 8.30. The topological polar surface area (TPSA) is 25.8 Å². The molecule has 0 saturated carbocycles. The molecule has 0 bridgehead atoms. The Balaban J connectivity index is 2.90. The Morgan fingerprint density at radius 2 is 1.92 bits per heavy atom. The number of aromatic nitrogens is 2. The van der Waals surface area contributed by atoms with Gasteiger partial charge in [0, 0.05) is 6.20 Å². The lowest BCUT2D eigenvalue weighted by molar-refractivity contribution is 1.10. The molecule has 0 aromatic carbocycles. The van der Waals surface area contributed by atoms with E-state index in [1.54, 1.807) is 12.4 Å². The number of hydrogen-bond acceptors (Lipinski definition) is 2. The number of aryl methyl sites for hydroxylation is 1. The standard InChI is InChI=1S/C10H14N2Si/c1-9-7-11-8-10(12-9)5-6-13(2,3)4/h7-8H,1-4H3. The zero-order valence-electron chi connectivity index (χ0n) is 8.55. The molecule has 0 spiro atoms. The van der Waals surface area contributed by atoms with Gasteiger partial charge in [-0.25, -0.2) is 4.98 Å². The molecule has 13 heavy (non-hydrogen) atoms. The lowest BCUT2D eigenvalue weighted by Gasteiger charge is -2.02.